The number of carbonyl (C=O) groups is 1. The molecule has 0 spiro atoms. The van der Waals surface area contributed by atoms with Crippen LogP contribution in [0, 0.1) is 5.92 Å². The van der Waals surface area contributed by atoms with Crippen molar-refractivity contribution >= 4 is 12.0 Å². The molecule has 0 saturated heterocycles. The molecular formula is C22H34N2O3. The Labute approximate surface area is 163 Å². The SMILES string of the molecule is COc1ccc(/C=C/C(=O)N(CCN(C)C)CC2CCCCC2)cc1OC. The second-order valence-corrected chi connectivity index (χ2v) is 7.54. The van der Waals surface area contributed by atoms with Crippen LogP contribution >= 0.6 is 0 Å². The quantitative estimate of drug-likeness (QED) is 0.618. The van der Waals surface area contributed by atoms with Gasteiger partial charge in [-0.2, -0.15) is 0 Å². The van der Waals surface area contributed by atoms with E-state index in [0.29, 0.717) is 17.4 Å². The highest BCUT2D eigenvalue weighted by atomic mass is 16.5. The summed E-state index contributed by atoms with van der Waals surface area (Å²) >= 11 is 0. The van der Waals surface area contributed by atoms with E-state index in [1.807, 2.05) is 43.3 Å². The van der Waals surface area contributed by atoms with E-state index < -0.39 is 0 Å². The molecule has 1 aromatic rings. The van der Waals surface area contributed by atoms with E-state index in [0.717, 1.165) is 25.2 Å². The van der Waals surface area contributed by atoms with Crippen molar-refractivity contribution < 1.29 is 14.3 Å². The van der Waals surface area contributed by atoms with E-state index >= 15 is 0 Å². The summed E-state index contributed by atoms with van der Waals surface area (Å²) in [5, 5.41) is 0. The highest BCUT2D eigenvalue weighted by Gasteiger charge is 2.19. The summed E-state index contributed by atoms with van der Waals surface area (Å²) in [6, 6.07) is 5.67. The van der Waals surface area contributed by atoms with Crippen molar-refractivity contribution in [2.75, 3.05) is 47.9 Å². The topological polar surface area (TPSA) is 42.0 Å². The molecule has 1 fully saturated rings. The Morgan fingerprint density at radius 1 is 1.07 bits per heavy atom. The van der Waals surface area contributed by atoms with Crippen LogP contribution in [0.4, 0.5) is 0 Å². The third kappa shape index (κ3) is 6.90. The third-order valence-electron chi connectivity index (χ3n) is 5.16. The molecule has 1 aromatic carbocycles. The fraction of sp³-hybridized carbons (Fsp3) is 0.591. The fourth-order valence-corrected chi connectivity index (χ4v) is 3.52. The van der Waals surface area contributed by atoms with Crippen LogP contribution in [0.1, 0.15) is 37.7 Å². The van der Waals surface area contributed by atoms with Crippen LogP contribution in [0.2, 0.25) is 0 Å². The maximum atomic E-state index is 12.8. The van der Waals surface area contributed by atoms with Crippen molar-refractivity contribution in [1.29, 1.82) is 0 Å². The van der Waals surface area contributed by atoms with Gasteiger partial charge in [0.1, 0.15) is 0 Å². The summed E-state index contributed by atoms with van der Waals surface area (Å²) in [6.07, 6.45) is 9.94. The molecule has 150 valence electrons. The van der Waals surface area contributed by atoms with Crippen molar-refractivity contribution in [3.63, 3.8) is 0 Å². The lowest BCUT2D eigenvalue weighted by Crippen LogP contribution is -2.39. The molecule has 1 saturated carbocycles. The van der Waals surface area contributed by atoms with Crippen molar-refractivity contribution in [2.24, 2.45) is 5.92 Å². The van der Waals surface area contributed by atoms with Crippen LogP contribution in [-0.2, 0) is 4.79 Å². The molecule has 0 atom stereocenters. The maximum absolute atomic E-state index is 12.8. The Hall–Kier alpha value is -2.01. The molecule has 2 rings (SSSR count). The molecule has 0 radical (unpaired) electrons. The smallest absolute Gasteiger partial charge is 0.246 e. The Morgan fingerprint density at radius 3 is 2.41 bits per heavy atom. The highest BCUT2D eigenvalue weighted by Crippen LogP contribution is 2.28. The van der Waals surface area contributed by atoms with Crippen LogP contribution in [0.25, 0.3) is 6.08 Å². The summed E-state index contributed by atoms with van der Waals surface area (Å²) in [4.78, 5) is 17.0. The van der Waals surface area contributed by atoms with Crippen molar-refractivity contribution in [3.05, 3.63) is 29.8 Å². The molecule has 1 aliphatic rings. The lowest BCUT2D eigenvalue weighted by atomic mass is 9.89. The van der Waals surface area contributed by atoms with Gasteiger partial charge in [-0.25, -0.2) is 0 Å². The predicted molar refractivity (Wildman–Crippen MR) is 110 cm³/mol. The maximum Gasteiger partial charge on any atom is 0.246 e. The molecule has 5 heteroatoms. The number of hydrogen-bond acceptors (Lipinski definition) is 4. The normalized spacial score (nSPS) is 15.3. The van der Waals surface area contributed by atoms with E-state index in [-0.39, 0.29) is 5.91 Å². The van der Waals surface area contributed by atoms with Gasteiger partial charge in [-0.3, -0.25) is 4.79 Å². The number of methoxy groups -OCH3 is 2. The van der Waals surface area contributed by atoms with Crippen LogP contribution in [0.15, 0.2) is 24.3 Å². The lowest BCUT2D eigenvalue weighted by molar-refractivity contribution is -0.126. The average Bonchev–Trinajstić information content (AvgIpc) is 2.69. The highest BCUT2D eigenvalue weighted by molar-refractivity contribution is 5.91. The summed E-state index contributed by atoms with van der Waals surface area (Å²) in [7, 11) is 7.32. The van der Waals surface area contributed by atoms with Gasteiger partial charge in [-0.05, 0) is 56.6 Å². The van der Waals surface area contributed by atoms with Crippen LogP contribution in [0.5, 0.6) is 11.5 Å². The van der Waals surface area contributed by atoms with Gasteiger partial charge in [0, 0.05) is 25.7 Å². The Bertz CT molecular complexity index is 622. The van der Waals surface area contributed by atoms with Gasteiger partial charge in [0.15, 0.2) is 11.5 Å². The molecule has 1 amide bonds. The largest absolute Gasteiger partial charge is 0.493 e. The molecule has 5 nitrogen and oxygen atoms in total. The van der Waals surface area contributed by atoms with Crippen LogP contribution in [-0.4, -0.2) is 63.7 Å². The molecule has 27 heavy (non-hydrogen) atoms. The summed E-state index contributed by atoms with van der Waals surface area (Å²) < 4.78 is 10.6. The first-order valence-electron chi connectivity index (χ1n) is 9.87. The zero-order chi connectivity index (χ0) is 19.6. The lowest BCUT2D eigenvalue weighted by Gasteiger charge is -2.30. The van der Waals surface area contributed by atoms with Gasteiger partial charge >= 0.3 is 0 Å². The Balaban J connectivity index is 2.05. The third-order valence-corrected chi connectivity index (χ3v) is 5.16. The van der Waals surface area contributed by atoms with Gasteiger partial charge in [0.05, 0.1) is 14.2 Å². The van der Waals surface area contributed by atoms with Gasteiger partial charge in [-0.1, -0.05) is 25.3 Å². The Morgan fingerprint density at radius 2 is 1.78 bits per heavy atom. The second kappa shape index (κ2) is 11.0. The Kier molecular flexibility index (Phi) is 8.65. The monoisotopic (exact) mass is 374 g/mol. The standard InChI is InChI=1S/C22H34N2O3/c1-23(2)14-15-24(17-19-8-6-5-7-9-19)22(25)13-11-18-10-12-20(26-3)21(16-18)27-4/h10-13,16,19H,5-9,14-15,17H2,1-4H3/b13-11+. The minimum atomic E-state index is 0.0807. The van der Waals surface area contributed by atoms with Crippen LogP contribution < -0.4 is 9.47 Å². The van der Waals surface area contributed by atoms with Gasteiger partial charge < -0.3 is 19.3 Å². The van der Waals surface area contributed by atoms with E-state index in [4.69, 9.17) is 9.47 Å². The van der Waals surface area contributed by atoms with Crippen molar-refractivity contribution in [2.45, 2.75) is 32.1 Å². The average molecular weight is 375 g/mol. The predicted octanol–water partition coefficient (Wildman–Crippen LogP) is 3.69. The number of amides is 1. The zero-order valence-electron chi connectivity index (χ0n) is 17.2. The summed E-state index contributed by atoms with van der Waals surface area (Å²) in [5.41, 5.74) is 0.922. The van der Waals surface area contributed by atoms with E-state index in [1.54, 1.807) is 20.3 Å². The number of likely N-dealkylation sites (N-methyl/N-ethyl adjacent to an activating group) is 1. The van der Waals surface area contributed by atoms with E-state index in [2.05, 4.69) is 4.90 Å². The fourth-order valence-electron chi connectivity index (χ4n) is 3.52. The minimum absolute atomic E-state index is 0.0807. The number of nitrogens with zero attached hydrogens (tertiary/aromatic N) is 2. The molecule has 0 aromatic heterocycles. The minimum Gasteiger partial charge on any atom is -0.493 e. The first-order chi connectivity index (χ1) is 13.0. The van der Waals surface area contributed by atoms with Gasteiger partial charge in [0.2, 0.25) is 5.91 Å². The summed E-state index contributed by atoms with van der Waals surface area (Å²) in [6.45, 7) is 2.50. The molecule has 0 heterocycles. The summed E-state index contributed by atoms with van der Waals surface area (Å²) in [5.74, 6) is 2.07. The van der Waals surface area contributed by atoms with Crippen molar-refractivity contribution in [1.82, 2.24) is 9.80 Å². The molecule has 0 N–H and O–H groups in total. The molecular weight excluding hydrogens is 340 g/mol. The van der Waals surface area contributed by atoms with Gasteiger partial charge in [-0.15, -0.1) is 0 Å². The number of ether oxygens (including phenoxy) is 2. The van der Waals surface area contributed by atoms with E-state index in [1.165, 1.54) is 32.1 Å². The number of benzene rings is 1. The molecule has 0 unspecified atom stereocenters. The first kappa shape index (κ1) is 21.3. The number of hydrogen-bond donors (Lipinski definition) is 0. The van der Waals surface area contributed by atoms with Crippen molar-refractivity contribution in [3.8, 4) is 11.5 Å². The van der Waals surface area contributed by atoms with Gasteiger partial charge in [0.25, 0.3) is 0 Å². The molecule has 1 aliphatic carbocycles. The molecule has 0 bridgehead atoms. The number of carbonyl (C=O) groups excluding carboxylic acids is 1. The number of rotatable bonds is 9. The van der Waals surface area contributed by atoms with Crippen LogP contribution in [0.3, 0.4) is 0 Å². The zero-order valence-corrected chi connectivity index (χ0v) is 17.2. The van der Waals surface area contributed by atoms with E-state index in [9.17, 15) is 4.79 Å². The molecule has 0 aliphatic heterocycles. The second-order valence-electron chi connectivity index (χ2n) is 7.54. The first-order valence-corrected chi connectivity index (χ1v) is 9.87.